The zero-order chi connectivity index (χ0) is 64.4. The Morgan fingerprint density at radius 2 is 0.764 bits per heavy atom. The highest BCUT2D eigenvalue weighted by Crippen LogP contribution is 2.24. The molecule has 7 atom stereocenters. The average Bonchev–Trinajstić information content (AvgIpc) is 2.25. The SMILES string of the molecule is CCCC/C=C\CCCCCCCC(=O)OCCCCCCCCCCCCCCCCC/C=C\C/C=C\CCCCCCCCCCCCCCCCCCCC(=O)NC(COC1OC(CO)C(O)C(O)C1O)C(O)/C=C/CCCCCCCCCCC. The topological polar surface area (TPSA) is 175 Å². The van der Waals surface area contributed by atoms with Crippen LogP contribution >= 0.6 is 0 Å². The van der Waals surface area contributed by atoms with Crippen molar-refractivity contribution in [1.82, 2.24) is 5.32 Å². The third-order valence-electron chi connectivity index (χ3n) is 18.2. The molecule has 1 amide bonds. The maximum absolute atomic E-state index is 13.1. The lowest BCUT2D eigenvalue weighted by atomic mass is 9.99. The number of carbonyl (C=O) groups excluding carboxylic acids is 2. The van der Waals surface area contributed by atoms with Crippen LogP contribution in [0, 0.1) is 0 Å². The van der Waals surface area contributed by atoms with E-state index in [9.17, 15) is 35.1 Å². The van der Waals surface area contributed by atoms with E-state index >= 15 is 0 Å². The molecule has 1 saturated heterocycles. The largest absolute Gasteiger partial charge is 0.466 e. The number of ether oxygens (including phenoxy) is 3. The number of amides is 1. The van der Waals surface area contributed by atoms with Crippen LogP contribution in [0.3, 0.4) is 0 Å². The molecule has 89 heavy (non-hydrogen) atoms. The molecule has 0 bridgehead atoms. The number of carbonyl (C=O) groups is 2. The van der Waals surface area contributed by atoms with Crippen LogP contribution < -0.4 is 5.32 Å². The molecular weight excluding hydrogens is 1110 g/mol. The summed E-state index contributed by atoms with van der Waals surface area (Å²) >= 11 is 0. The van der Waals surface area contributed by atoms with Crippen molar-refractivity contribution in [2.24, 2.45) is 0 Å². The van der Waals surface area contributed by atoms with Crippen LogP contribution in [-0.2, 0) is 23.8 Å². The van der Waals surface area contributed by atoms with Gasteiger partial charge in [0.1, 0.15) is 24.4 Å². The predicted octanol–water partition coefficient (Wildman–Crippen LogP) is 20.3. The molecule has 1 aliphatic heterocycles. The minimum atomic E-state index is -1.57. The fourth-order valence-electron chi connectivity index (χ4n) is 12.1. The first kappa shape index (κ1) is 84.6. The molecular formula is C78H145NO10. The quantitative estimate of drug-likeness (QED) is 0.0195. The first-order valence-corrected chi connectivity index (χ1v) is 38.4. The molecule has 0 aliphatic carbocycles. The molecule has 1 aliphatic rings. The lowest BCUT2D eigenvalue weighted by Crippen LogP contribution is -2.60. The van der Waals surface area contributed by atoms with Crippen molar-refractivity contribution < 1.29 is 49.3 Å². The van der Waals surface area contributed by atoms with Crippen molar-refractivity contribution >= 4 is 11.9 Å². The Morgan fingerprint density at radius 1 is 0.416 bits per heavy atom. The average molecular weight is 1260 g/mol. The minimum absolute atomic E-state index is 0.00355. The van der Waals surface area contributed by atoms with E-state index in [4.69, 9.17) is 14.2 Å². The lowest BCUT2D eigenvalue weighted by Gasteiger charge is -2.40. The van der Waals surface area contributed by atoms with Crippen molar-refractivity contribution in [3.05, 3.63) is 48.6 Å². The molecule has 522 valence electrons. The molecule has 1 fully saturated rings. The number of allylic oxidation sites excluding steroid dienone is 7. The predicted molar refractivity (Wildman–Crippen MR) is 375 cm³/mol. The molecule has 0 aromatic rings. The van der Waals surface area contributed by atoms with Crippen LogP contribution in [0.25, 0.3) is 0 Å². The van der Waals surface area contributed by atoms with Gasteiger partial charge in [-0.15, -0.1) is 0 Å². The van der Waals surface area contributed by atoms with Gasteiger partial charge in [0, 0.05) is 12.8 Å². The van der Waals surface area contributed by atoms with E-state index in [0.29, 0.717) is 19.4 Å². The summed E-state index contributed by atoms with van der Waals surface area (Å²) < 4.78 is 16.7. The molecule has 1 rings (SSSR count). The number of rotatable bonds is 68. The highest BCUT2D eigenvalue weighted by atomic mass is 16.7. The van der Waals surface area contributed by atoms with Crippen molar-refractivity contribution in [3.8, 4) is 0 Å². The Morgan fingerprint density at radius 3 is 1.18 bits per heavy atom. The Labute approximate surface area is 548 Å². The van der Waals surface area contributed by atoms with Gasteiger partial charge < -0.3 is 45.1 Å². The van der Waals surface area contributed by atoms with Crippen LogP contribution in [-0.4, -0.2) is 100 Å². The summed E-state index contributed by atoms with van der Waals surface area (Å²) in [7, 11) is 0. The fraction of sp³-hybridized carbons (Fsp3) is 0.872. The summed E-state index contributed by atoms with van der Waals surface area (Å²) in [5.74, 6) is -0.174. The zero-order valence-corrected chi connectivity index (χ0v) is 58.2. The minimum Gasteiger partial charge on any atom is -0.466 e. The summed E-state index contributed by atoms with van der Waals surface area (Å²) in [5.41, 5.74) is 0. The standard InChI is InChI=1S/C78H145NO10/c1-3-5-7-9-11-13-44-48-52-56-60-64-71(81)70(69-88-78-77(86)76(85)75(84)72(68-80)89-78)79-73(82)65-61-57-53-49-46-42-40-38-36-34-32-30-28-26-24-22-20-18-16-15-17-19-21-23-25-27-29-31-33-35-37-39-41-43-47-51-55-59-63-67-87-74(83)66-62-58-54-50-45-14-12-10-8-6-4-2/h10,12,15-16,19,21,60,64,70-72,75-78,80-81,84-86H,3-9,11,13-14,17-18,20,22-59,61-63,65-69H2,1-2H3,(H,79,82)/b12-10-,16-15-,21-19-,64-60+. The van der Waals surface area contributed by atoms with E-state index in [1.807, 2.05) is 6.08 Å². The van der Waals surface area contributed by atoms with Gasteiger partial charge in [0.15, 0.2) is 6.29 Å². The zero-order valence-electron chi connectivity index (χ0n) is 58.2. The molecule has 0 aromatic carbocycles. The van der Waals surface area contributed by atoms with Crippen molar-refractivity contribution in [3.63, 3.8) is 0 Å². The first-order chi connectivity index (χ1) is 43.7. The number of unbranched alkanes of at least 4 members (excludes halogenated alkanes) is 48. The van der Waals surface area contributed by atoms with E-state index in [2.05, 4.69) is 55.6 Å². The van der Waals surface area contributed by atoms with Gasteiger partial charge >= 0.3 is 5.97 Å². The number of hydrogen-bond donors (Lipinski definition) is 6. The van der Waals surface area contributed by atoms with Crippen LogP contribution in [0.15, 0.2) is 48.6 Å². The van der Waals surface area contributed by atoms with Crippen LogP contribution in [0.4, 0.5) is 0 Å². The van der Waals surface area contributed by atoms with Gasteiger partial charge in [-0.25, -0.2) is 0 Å². The second-order valence-corrected chi connectivity index (χ2v) is 26.7. The van der Waals surface area contributed by atoms with Gasteiger partial charge in [0.25, 0.3) is 0 Å². The summed E-state index contributed by atoms with van der Waals surface area (Å²) in [6.07, 6.45) is 78.6. The van der Waals surface area contributed by atoms with E-state index in [1.54, 1.807) is 6.08 Å². The molecule has 0 saturated carbocycles. The van der Waals surface area contributed by atoms with Gasteiger partial charge in [-0.2, -0.15) is 0 Å². The highest BCUT2D eigenvalue weighted by molar-refractivity contribution is 5.76. The maximum Gasteiger partial charge on any atom is 0.305 e. The number of hydrogen-bond acceptors (Lipinski definition) is 10. The number of esters is 1. The maximum atomic E-state index is 13.1. The van der Waals surface area contributed by atoms with Gasteiger partial charge in [0.2, 0.25) is 5.91 Å². The van der Waals surface area contributed by atoms with E-state index in [1.165, 1.54) is 283 Å². The number of aliphatic hydroxyl groups is 5. The fourth-order valence-corrected chi connectivity index (χ4v) is 12.1. The third-order valence-corrected chi connectivity index (χ3v) is 18.2. The number of nitrogens with one attached hydrogen (secondary N) is 1. The second-order valence-electron chi connectivity index (χ2n) is 26.7. The van der Waals surface area contributed by atoms with E-state index in [0.717, 1.165) is 64.2 Å². The van der Waals surface area contributed by atoms with Crippen molar-refractivity contribution in [2.75, 3.05) is 19.8 Å². The third kappa shape index (κ3) is 55.8. The monoisotopic (exact) mass is 1260 g/mol. The molecule has 0 spiro atoms. The van der Waals surface area contributed by atoms with Gasteiger partial charge in [-0.3, -0.25) is 9.59 Å². The Kier molecular flexibility index (Phi) is 63.8. The van der Waals surface area contributed by atoms with E-state index < -0.39 is 49.5 Å². The highest BCUT2D eigenvalue weighted by Gasteiger charge is 2.44. The van der Waals surface area contributed by atoms with Crippen LogP contribution in [0.1, 0.15) is 373 Å². The van der Waals surface area contributed by atoms with Crippen LogP contribution in [0.2, 0.25) is 0 Å². The van der Waals surface area contributed by atoms with Gasteiger partial charge in [-0.05, 0) is 83.5 Å². The molecule has 0 radical (unpaired) electrons. The molecule has 0 aromatic heterocycles. The number of aliphatic hydroxyl groups excluding tert-OH is 5. The molecule has 11 nitrogen and oxygen atoms in total. The molecule has 11 heteroatoms. The first-order valence-electron chi connectivity index (χ1n) is 38.4. The normalized spacial score (nSPS) is 17.9. The summed E-state index contributed by atoms with van der Waals surface area (Å²) in [4.78, 5) is 25.1. The summed E-state index contributed by atoms with van der Waals surface area (Å²) in [5, 5.41) is 54.5. The Hall–Kier alpha value is -2.38. The lowest BCUT2D eigenvalue weighted by molar-refractivity contribution is -0.302. The van der Waals surface area contributed by atoms with Gasteiger partial charge in [-0.1, -0.05) is 326 Å². The summed E-state index contributed by atoms with van der Waals surface area (Å²) in [6.45, 7) is 4.33. The van der Waals surface area contributed by atoms with Crippen molar-refractivity contribution in [2.45, 2.75) is 416 Å². The molecule has 6 N–H and O–H groups in total. The smallest absolute Gasteiger partial charge is 0.305 e. The van der Waals surface area contributed by atoms with Crippen LogP contribution in [0.5, 0.6) is 0 Å². The van der Waals surface area contributed by atoms with Gasteiger partial charge in [0.05, 0.1) is 32.0 Å². The Bertz CT molecular complexity index is 1620. The Balaban J connectivity index is 1.90. The summed E-state index contributed by atoms with van der Waals surface area (Å²) in [6, 6.07) is -0.807. The molecule has 7 unspecified atom stereocenters. The van der Waals surface area contributed by atoms with Crippen molar-refractivity contribution in [1.29, 1.82) is 0 Å². The second kappa shape index (κ2) is 67.1. The van der Waals surface area contributed by atoms with E-state index in [-0.39, 0.29) is 18.5 Å². The molecule has 1 heterocycles.